The summed E-state index contributed by atoms with van der Waals surface area (Å²) in [4.78, 5) is 25.6. The standard InChI is InChI=1S/C19H20N2O2/c1-14(16-10-6-3-7-11-16)20-19(23)21-17(13-18(21)22)12-15-8-4-2-5-9-15/h2-11,14,17H,12-13H2,1H3,(H,20,23)/t14-,17+/m1/s1. The van der Waals surface area contributed by atoms with Crippen LogP contribution in [0, 0.1) is 0 Å². The van der Waals surface area contributed by atoms with Gasteiger partial charge in [0.1, 0.15) is 0 Å². The SMILES string of the molecule is C[C@@H](NC(=O)N1C(=O)C[C@@H]1Cc1ccccc1)c1ccccc1. The largest absolute Gasteiger partial charge is 0.331 e. The molecule has 3 rings (SSSR count). The number of likely N-dealkylation sites (tertiary alicyclic amines) is 1. The first-order valence-corrected chi connectivity index (χ1v) is 7.86. The monoisotopic (exact) mass is 308 g/mol. The number of urea groups is 1. The normalized spacial score (nSPS) is 18.2. The zero-order valence-corrected chi connectivity index (χ0v) is 13.1. The number of carbonyl (C=O) groups is 2. The van der Waals surface area contributed by atoms with Gasteiger partial charge in [-0.1, -0.05) is 60.7 Å². The Morgan fingerprint density at radius 2 is 1.74 bits per heavy atom. The first-order valence-electron chi connectivity index (χ1n) is 7.86. The molecule has 23 heavy (non-hydrogen) atoms. The van der Waals surface area contributed by atoms with E-state index in [-0.39, 0.29) is 24.0 Å². The highest BCUT2D eigenvalue weighted by atomic mass is 16.2. The lowest BCUT2D eigenvalue weighted by Gasteiger charge is -2.39. The van der Waals surface area contributed by atoms with Gasteiger partial charge in [0.2, 0.25) is 5.91 Å². The Morgan fingerprint density at radius 3 is 2.35 bits per heavy atom. The predicted molar refractivity (Wildman–Crippen MR) is 88.8 cm³/mol. The summed E-state index contributed by atoms with van der Waals surface area (Å²) in [5.41, 5.74) is 2.16. The first-order chi connectivity index (χ1) is 11.1. The Bertz CT molecular complexity index is 685. The molecule has 0 bridgehead atoms. The topological polar surface area (TPSA) is 49.4 Å². The fourth-order valence-electron chi connectivity index (χ4n) is 2.89. The Balaban J connectivity index is 1.62. The van der Waals surface area contributed by atoms with Crippen molar-refractivity contribution in [2.24, 2.45) is 0 Å². The van der Waals surface area contributed by atoms with Crippen molar-refractivity contribution in [1.29, 1.82) is 0 Å². The maximum Gasteiger partial charge on any atom is 0.324 e. The minimum Gasteiger partial charge on any atom is -0.331 e. The molecule has 0 radical (unpaired) electrons. The van der Waals surface area contributed by atoms with Crippen LogP contribution >= 0.6 is 0 Å². The van der Waals surface area contributed by atoms with Gasteiger partial charge >= 0.3 is 6.03 Å². The number of imide groups is 1. The molecule has 1 N–H and O–H groups in total. The average molecular weight is 308 g/mol. The molecule has 0 aromatic heterocycles. The lowest BCUT2D eigenvalue weighted by Crippen LogP contribution is -2.59. The molecule has 1 aliphatic rings. The Morgan fingerprint density at radius 1 is 1.13 bits per heavy atom. The zero-order chi connectivity index (χ0) is 16.2. The summed E-state index contributed by atoms with van der Waals surface area (Å²) >= 11 is 0. The molecule has 1 heterocycles. The van der Waals surface area contributed by atoms with Crippen molar-refractivity contribution in [3.05, 3.63) is 71.8 Å². The quantitative estimate of drug-likeness (QED) is 0.881. The lowest BCUT2D eigenvalue weighted by atomic mass is 9.95. The molecule has 1 saturated heterocycles. The van der Waals surface area contributed by atoms with Crippen LogP contribution in [-0.4, -0.2) is 22.9 Å². The van der Waals surface area contributed by atoms with E-state index in [2.05, 4.69) is 5.32 Å². The maximum atomic E-state index is 12.4. The van der Waals surface area contributed by atoms with E-state index in [4.69, 9.17) is 0 Å². The summed E-state index contributed by atoms with van der Waals surface area (Å²) in [7, 11) is 0. The van der Waals surface area contributed by atoms with Crippen molar-refractivity contribution in [3.63, 3.8) is 0 Å². The first kappa shape index (κ1) is 15.3. The molecule has 0 spiro atoms. The number of amides is 3. The Hall–Kier alpha value is -2.62. The minimum atomic E-state index is -0.307. The second-order valence-corrected chi connectivity index (χ2v) is 5.89. The molecule has 118 valence electrons. The predicted octanol–water partition coefficient (Wildman–Crippen LogP) is 3.30. The van der Waals surface area contributed by atoms with E-state index in [0.29, 0.717) is 12.8 Å². The van der Waals surface area contributed by atoms with E-state index < -0.39 is 0 Å². The molecule has 2 aromatic rings. The molecule has 0 unspecified atom stereocenters. The van der Waals surface area contributed by atoms with Gasteiger partial charge in [0.25, 0.3) is 0 Å². The minimum absolute atomic E-state index is 0.0483. The van der Waals surface area contributed by atoms with E-state index in [1.807, 2.05) is 67.6 Å². The maximum absolute atomic E-state index is 12.4. The highest BCUT2D eigenvalue weighted by Crippen LogP contribution is 2.24. The summed E-state index contributed by atoms with van der Waals surface area (Å²) in [5, 5.41) is 2.91. The van der Waals surface area contributed by atoms with Gasteiger partial charge in [-0.15, -0.1) is 0 Å². The van der Waals surface area contributed by atoms with Gasteiger partial charge in [-0.25, -0.2) is 4.79 Å². The third kappa shape index (κ3) is 3.42. The van der Waals surface area contributed by atoms with Gasteiger partial charge in [0.05, 0.1) is 12.1 Å². The molecule has 2 atom stereocenters. The van der Waals surface area contributed by atoms with Crippen LogP contribution in [0.3, 0.4) is 0 Å². The summed E-state index contributed by atoms with van der Waals surface area (Å²) in [6.07, 6.45) is 1.14. The molecule has 1 fully saturated rings. The molecule has 0 saturated carbocycles. The van der Waals surface area contributed by atoms with Gasteiger partial charge in [0, 0.05) is 6.42 Å². The van der Waals surface area contributed by atoms with Crippen molar-refractivity contribution >= 4 is 11.9 Å². The highest BCUT2D eigenvalue weighted by molar-refractivity contribution is 5.99. The second-order valence-electron chi connectivity index (χ2n) is 5.89. The Labute approximate surface area is 136 Å². The van der Waals surface area contributed by atoms with Crippen LogP contribution in [0.25, 0.3) is 0 Å². The van der Waals surface area contributed by atoms with Gasteiger partial charge < -0.3 is 5.32 Å². The molecule has 0 aliphatic carbocycles. The van der Waals surface area contributed by atoms with Gasteiger partial charge in [-0.05, 0) is 24.5 Å². The van der Waals surface area contributed by atoms with Crippen molar-refractivity contribution in [2.75, 3.05) is 0 Å². The van der Waals surface area contributed by atoms with Crippen LogP contribution < -0.4 is 5.32 Å². The number of hydrogen-bond donors (Lipinski definition) is 1. The summed E-state index contributed by atoms with van der Waals surface area (Å²) in [6.45, 7) is 1.92. The van der Waals surface area contributed by atoms with Crippen LogP contribution in [0.15, 0.2) is 60.7 Å². The molecule has 1 aliphatic heterocycles. The molecule has 3 amide bonds. The number of β-lactam (4-membered cyclic amide) rings is 1. The number of hydrogen-bond acceptors (Lipinski definition) is 2. The van der Waals surface area contributed by atoms with E-state index in [1.165, 1.54) is 4.90 Å². The second kappa shape index (κ2) is 6.65. The highest BCUT2D eigenvalue weighted by Gasteiger charge is 2.40. The molecule has 2 aromatic carbocycles. The Kier molecular flexibility index (Phi) is 4.42. The molecular formula is C19H20N2O2. The number of benzene rings is 2. The van der Waals surface area contributed by atoms with Crippen LogP contribution in [0.2, 0.25) is 0 Å². The number of carbonyl (C=O) groups excluding carboxylic acids is 2. The third-order valence-electron chi connectivity index (χ3n) is 4.22. The van der Waals surface area contributed by atoms with Gasteiger partial charge in [-0.2, -0.15) is 0 Å². The summed E-state index contributed by atoms with van der Waals surface area (Å²) in [6, 6.07) is 19.2. The van der Waals surface area contributed by atoms with E-state index in [1.54, 1.807) is 0 Å². The van der Waals surface area contributed by atoms with Crippen molar-refractivity contribution in [2.45, 2.75) is 31.8 Å². The average Bonchev–Trinajstić information content (AvgIpc) is 2.55. The van der Waals surface area contributed by atoms with Crippen LogP contribution in [0.1, 0.15) is 30.5 Å². The van der Waals surface area contributed by atoms with Crippen molar-refractivity contribution in [3.8, 4) is 0 Å². The van der Waals surface area contributed by atoms with Crippen molar-refractivity contribution < 1.29 is 9.59 Å². The van der Waals surface area contributed by atoms with Gasteiger partial charge in [-0.3, -0.25) is 9.69 Å². The summed E-state index contributed by atoms with van der Waals surface area (Å²) < 4.78 is 0. The number of nitrogens with one attached hydrogen (secondary N) is 1. The molecule has 4 heteroatoms. The fraction of sp³-hybridized carbons (Fsp3) is 0.263. The fourth-order valence-corrected chi connectivity index (χ4v) is 2.89. The van der Waals surface area contributed by atoms with Crippen LogP contribution in [0.5, 0.6) is 0 Å². The lowest BCUT2D eigenvalue weighted by molar-refractivity contribution is -0.140. The van der Waals surface area contributed by atoms with Crippen LogP contribution in [0.4, 0.5) is 4.79 Å². The molecular weight excluding hydrogens is 288 g/mol. The van der Waals surface area contributed by atoms with E-state index in [0.717, 1.165) is 11.1 Å². The zero-order valence-electron chi connectivity index (χ0n) is 13.1. The van der Waals surface area contributed by atoms with Crippen molar-refractivity contribution in [1.82, 2.24) is 10.2 Å². The molecule has 4 nitrogen and oxygen atoms in total. The summed E-state index contributed by atoms with van der Waals surface area (Å²) in [5.74, 6) is -0.108. The third-order valence-corrected chi connectivity index (χ3v) is 4.22. The van der Waals surface area contributed by atoms with E-state index >= 15 is 0 Å². The van der Waals surface area contributed by atoms with Crippen LogP contribution in [-0.2, 0) is 11.2 Å². The van der Waals surface area contributed by atoms with E-state index in [9.17, 15) is 9.59 Å². The number of rotatable bonds is 4. The van der Waals surface area contributed by atoms with Gasteiger partial charge in [0.15, 0.2) is 0 Å². The number of nitrogens with zero attached hydrogens (tertiary/aromatic N) is 1. The smallest absolute Gasteiger partial charge is 0.324 e.